The zero-order valence-corrected chi connectivity index (χ0v) is 16.8. The van der Waals surface area contributed by atoms with E-state index < -0.39 is 0 Å². The molecule has 0 aromatic heterocycles. The molecule has 0 spiro atoms. The number of rotatable bonds is 5. The van der Waals surface area contributed by atoms with Crippen LogP contribution in [0.3, 0.4) is 0 Å². The van der Waals surface area contributed by atoms with Crippen LogP contribution in [0.25, 0.3) is 0 Å². The molecule has 1 aromatic rings. The molecule has 2 aliphatic rings. The summed E-state index contributed by atoms with van der Waals surface area (Å²) in [5.41, 5.74) is 1.17. The lowest BCUT2D eigenvalue weighted by Crippen LogP contribution is -2.40. The van der Waals surface area contributed by atoms with Crippen molar-refractivity contribution in [3.05, 3.63) is 34.9 Å². The highest BCUT2D eigenvalue weighted by atomic mass is 35.5. The van der Waals surface area contributed by atoms with E-state index in [9.17, 15) is 9.59 Å². The molecule has 1 aromatic carbocycles. The first kappa shape index (κ1) is 20.2. The average molecular weight is 391 g/mol. The fraction of sp³-hybridized carbons (Fsp3) is 0.636. The van der Waals surface area contributed by atoms with Crippen LogP contribution in [0.5, 0.6) is 0 Å². The molecule has 0 radical (unpaired) electrons. The summed E-state index contributed by atoms with van der Waals surface area (Å²) in [4.78, 5) is 27.3. The maximum Gasteiger partial charge on any atom is 0.225 e. The van der Waals surface area contributed by atoms with Crippen molar-refractivity contribution in [2.24, 2.45) is 11.8 Å². The standard InChI is InChI=1S/C22H31ClN2O2/c23-20-11-5-17(6-12-20)13-14-24-21(26)18-7-9-19(10-8-18)22(27)25-15-3-1-2-4-16-25/h5-6,11-12,18-19H,1-4,7-10,13-16H2,(H,24,26). The number of hydrogen-bond acceptors (Lipinski definition) is 2. The monoisotopic (exact) mass is 390 g/mol. The van der Waals surface area contributed by atoms with Crippen LogP contribution in [-0.4, -0.2) is 36.3 Å². The minimum absolute atomic E-state index is 0.0587. The minimum Gasteiger partial charge on any atom is -0.356 e. The van der Waals surface area contributed by atoms with E-state index in [1.54, 1.807) is 0 Å². The number of benzene rings is 1. The first-order valence-electron chi connectivity index (χ1n) is 10.4. The van der Waals surface area contributed by atoms with E-state index in [1.165, 1.54) is 18.4 Å². The third-order valence-corrected chi connectivity index (χ3v) is 6.24. The van der Waals surface area contributed by atoms with Gasteiger partial charge >= 0.3 is 0 Å². The molecule has 0 atom stereocenters. The molecule has 4 nitrogen and oxygen atoms in total. The number of halogens is 1. The molecular weight excluding hydrogens is 360 g/mol. The molecule has 0 bridgehead atoms. The molecular formula is C22H31ClN2O2. The molecule has 2 fully saturated rings. The summed E-state index contributed by atoms with van der Waals surface area (Å²) in [6.07, 6.45) is 8.93. The first-order chi connectivity index (χ1) is 13.1. The summed E-state index contributed by atoms with van der Waals surface area (Å²) in [6, 6.07) is 7.74. The second-order valence-electron chi connectivity index (χ2n) is 7.96. The molecule has 27 heavy (non-hydrogen) atoms. The van der Waals surface area contributed by atoms with E-state index in [-0.39, 0.29) is 17.7 Å². The Kier molecular flexibility index (Phi) is 7.57. The van der Waals surface area contributed by atoms with Gasteiger partial charge in [-0.3, -0.25) is 9.59 Å². The Morgan fingerprint density at radius 3 is 2.15 bits per heavy atom. The fourth-order valence-electron chi connectivity index (χ4n) is 4.28. The molecule has 2 amide bonds. The van der Waals surface area contributed by atoms with Crippen LogP contribution in [-0.2, 0) is 16.0 Å². The third-order valence-electron chi connectivity index (χ3n) is 5.99. The van der Waals surface area contributed by atoms with Crippen LogP contribution < -0.4 is 5.32 Å². The Balaban J connectivity index is 1.38. The maximum atomic E-state index is 12.8. The van der Waals surface area contributed by atoms with E-state index in [0.29, 0.717) is 12.5 Å². The average Bonchev–Trinajstić information content (AvgIpc) is 2.98. The molecule has 0 unspecified atom stereocenters. The molecule has 5 heteroatoms. The summed E-state index contributed by atoms with van der Waals surface area (Å²) < 4.78 is 0. The van der Waals surface area contributed by atoms with Crippen molar-refractivity contribution in [3.63, 3.8) is 0 Å². The van der Waals surface area contributed by atoms with Crippen LogP contribution in [0, 0.1) is 11.8 Å². The van der Waals surface area contributed by atoms with Gasteiger partial charge in [-0.25, -0.2) is 0 Å². The smallest absolute Gasteiger partial charge is 0.225 e. The second-order valence-corrected chi connectivity index (χ2v) is 8.39. The van der Waals surface area contributed by atoms with Crippen molar-refractivity contribution in [1.82, 2.24) is 10.2 Å². The Bertz CT molecular complexity index is 616. The van der Waals surface area contributed by atoms with Crippen LogP contribution in [0.1, 0.15) is 56.9 Å². The fourth-order valence-corrected chi connectivity index (χ4v) is 4.40. The van der Waals surface area contributed by atoms with Crippen molar-refractivity contribution in [2.45, 2.75) is 57.8 Å². The van der Waals surface area contributed by atoms with Crippen molar-refractivity contribution < 1.29 is 9.59 Å². The van der Waals surface area contributed by atoms with Gasteiger partial charge in [0.05, 0.1) is 0 Å². The van der Waals surface area contributed by atoms with Gasteiger partial charge in [-0.15, -0.1) is 0 Å². The van der Waals surface area contributed by atoms with Gasteiger partial charge in [0, 0.05) is 36.5 Å². The number of likely N-dealkylation sites (tertiary alicyclic amines) is 1. The Labute approximate surface area is 167 Å². The number of nitrogens with one attached hydrogen (secondary N) is 1. The number of amides is 2. The lowest BCUT2D eigenvalue weighted by molar-refractivity contribution is -0.138. The van der Waals surface area contributed by atoms with Gasteiger partial charge in [0.25, 0.3) is 0 Å². The van der Waals surface area contributed by atoms with E-state index >= 15 is 0 Å². The number of carbonyl (C=O) groups is 2. The van der Waals surface area contributed by atoms with Crippen LogP contribution in [0.15, 0.2) is 24.3 Å². The second kappa shape index (κ2) is 10.1. The Morgan fingerprint density at radius 1 is 0.926 bits per heavy atom. The van der Waals surface area contributed by atoms with Gasteiger partial charge < -0.3 is 10.2 Å². The summed E-state index contributed by atoms with van der Waals surface area (Å²) in [5.74, 6) is 0.660. The van der Waals surface area contributed by atoms with E-state index in [1.807, 2.05) is 24.3 Å². The molecule has 148 valence electrons. The largest absolute Gasteiger partial charge is 0.356 e. The number of hydrogen-bond donors (Lipinski definition) is 1. The molecule has 1 aliphatic carbocycles. The highest BCUT2D eigenvalue weighted by molar-refractivity contribution is 6.30. The van der Waals surface area contributed by atoms with Crippen molar-refractivity contribution >= 4 is 23.4 Å². The molecule has 1 saturated heterocycles. The van der Waals surface area contributed by atoms with Crippen molar-refractivity contribution in [2.75, 3.05) is 19.6 Å². The predicted molar refractivity (Wildman–Crippen MR) is 109 cm³/mol. The summed E-state index contributed by atoms with van der Waals surface area (Å²) in [5, 5.41) is 3.79. The Morgan fingerprint density at radius 2 is 1.52 bits per heavy atom. The normalized spacial score (nSPS) is 23.5. The quantitative estimate of drug-likeness (QED) is 0.818. The molecule has 1 saturated carbocycles. The van der Waals surface area contributed by atoms with Gasteiger partial charge in [0.2, 0.25) is 11.8 Å². The summed E-state index contributed by atoms with van der Waals surface area (Å²) in [7, 11) is 0. The lowest BCUT2D eigenvalue weighted by Gasteiger charge is -2.31. The lowest BCUT2D eigenvalue weighted by atomic mass is 9.81. The highest BCUT2D eigenvalue weighted by Crippen LogP contribution is 2.30. The minimum atomic E-state index is 0.0587. The van der Waals surface area contributed by atoms with Gasteiger partial charge in [0.15, 0.2) is 0 Å². The van der Waals surface area contributed by atoms with Crippen LogP contribution >= 0.6 is 11.6 Å². The highest BCUT2D eigenvalue weighted by Gasteiger charge is 2.32. The van der Waals surface area contributed by atoms with E-state index in [4.69, 9.17) is 11.6 Å². The Hall–Kier alpha value is -1.55. The topological polar surface area (TPSA) is 49.4 Å². The van der Waals surface area contributed by atoms with Crippen molar-refractivity contribution in [1.29, 1.82) is 0 Å². The predicted octanol–water partition coefficient (Wildman–Crippen LogP) is 4.21. The summed E-state index contributed by atoms with van der Waals surface area (Å²) >= 11 is 5.89. The SMILES string of the molecule is O=C(NCCc1ccc(Cl)cc1)C1CCC(C(=O)N2CCCCCC2)CC1. The van der Waals surface area contributed by atoms with Crippen LogP contribution in [0.4, 0.5) is 0 Å². The maximum absolute atomic E-state index is 12.8. The third kappa shape index (κ3) is 5.97. The first-order valence-corrected chi connectivity index (χ1v) is 10.8. The zero-order valence-electron chi connectivity index (χ0n) is 16.1. The molecule has 1 N–H and O–H groups in total. The molecule has 1 heterocycles. The zero-order chi connectivity index (χ0) is 19.1. The van der Waals surface area contributed by atoms with Crippen molar-refractivity contribution in [3.8, 4) is 0 Å². The van der Waals surface area contributed by atoms with E-state index in [2.05, 4.69) is 10.2 Å². The number of carbonyl (C=O) groups excluding carboxylic acids is 2. The molecule has 1 aliphatic heterocycles. The van der Waals surface area contributed by atoms with Gasteiger partial charge in [-0.1, -0.05) is 36.6 Å². The molecule has 3 rings (SSSR count). The van der Waals surface area contributed by atoms with Gasteiger partial charge in [-0.05, 0) is 62.6 Å². The number of nitrogens with zero attached hydrogens (tertiary/aromatic N) is 1. The van der Waals surface area contributed by atoms with Gasteiger partial charge in [0.1, 0.15) is 0 Å². The van der Waals surface area contributed by atoms with E-state index in [0.717, 1.165) is 63.1 Å². The summed E-state index contributed by atoms with van der Waals surface area (Å²) in [6.45, 7) is 2.49. The van der Waals surface area contributed by atoms with Gasteiger partial charge in [-0.2, -0.15) is 0 Å². The van der Waals surface area contributed by atoms with Crippen LogP contribution in [0.2, 0.25) is 5.02 Å².